The molecule has 0 aliphatic rings. The van der Waals surface area contributed by atoms with Gasteiger partial charge >= 0.3 is 0 Å². The zero-order valence-corrected chi connectivity index (χ0v) is 31.2. The molecule has 0 saturated carbocycles. The quantitative estimate of drug-likeness (QED) is 0.0350. The number of guanidine groups is 2. The van der Waals surface area contributed by atoms with Gasteiger partial charge in [-0.05, 0) is 60.9 Å². The largest absolute Gasteiger partial charge is 0.370 e. The third-order valence-corrected chi connectivity index (χ3v) is 8.04. The van der Waals surface area contributed by atoms with E-state index in [1.54, 1.807) is 30.3 Å². The molecule has 0 unspecified atom stereocenters. The molecule has 0 radical (unpaired) electrons. The van der Waals surface area contributed by atoms with Crippen LogP contribution in [0, 0.1) is 11.7 Å². The number of aliphatic imine (C=N–C) groups is 2. The molecule has 13 N–H and O–H groups in total. The average Bonchev–Trinajstić information content (AvgIpc) is 3.11. The van der Waals surface area contributed by atoms with E-state index < -0.39 is 65.4 Å². The van der Waals surface area contributed by atoms with Crippen molar-refractivity contribution in [3.05, 3.63) is 77.6 Å². The number of carbonyl (C=O) groups excluding carboxylic acids is 6. The van der Waals surface area contributed by atoms with Crippen molar-refractivity contribution in [1.82, 2.24) is 20.9 Å². The molecule has 0 aliphatic carbocycles. The van der Waals surface area contributed by atoms with Gasteiger partial charge in [-0.15, -0.1) is 0 Å². The highest BCUT2D eigenvalue weighted by atomic mass is 19.1. The van der Waals surface area contributed by atoms with Crippen molar-refractivity contribution in [2.45, 2.75) is 77.0 Å². The monoisotopic (exact) mass is 765 g/mol. The lowest BCUT2D eigenvalue weighted by molar-refractivity contribution is -0.148. The van der Waals surface area contributed by atoms with E-state index in [2.05, 4.69) is 25.9 Å². The summed E-state index contributed by atoms with van der Waals surface area (Å²) in [5, 5.41) is 7.81. The summed E-state index contributed by atoms with van der Waals surface area (Å²) in [4.78, 5) is 88.8. The summed E-state index contributed by atoms with van der Waals surface area (Å²) < 4.78 is 13.8. The SMILES string of the molecule is CC(=O)N(C(=O)/C=C/c1ccccc1)[C@@H](Cc1ccc(F)cc1)C(=O)N[C@H](CCN=C(N)N)C(=O)N[C@@H](CC(C)C)C(=O)N[C@@H](CCCN=C(N)N)C(N)=O. The Balaban J connectivity index is 2.45. The lowest BCUT2D eigenvalue weighted by atomic mass is 10.0. The minimum absolute atomic E-state index is 0.110. The number of nitrogens with two attached hydrogens (primary N) is 5. The van der Waals surface area contributed by atoms with Gasteiger partial charge < -0.3 is 44.6 Å². The maximum absolute atomic E-state index is 14.2. The van der Waals surface area contributed by atoms with Crippen LogP contribution in [0.2, 0.25) is 0 Å². The molecule has 0 bridgehead atoms. The maximum Gasteiger partial charge on any atom is 0.253 e. The van der Waals surface area contributed by atoms with Gasteiger partial charge in [-0.3, -0.25) is 43.7 Å². The first kappa shape index (κ1) is 44.8. The summed E-state index contributed by atoms with van der Waals surface area (Å²) in [6, 6.07) is 8.69. The average molecular weight is 766 g/mol. The molecule has 0 aromatic heterocycles. The second-order valence-electron chi connectivity index (χ2n) is 13.1. The van der Waals surface area contributed by atoms with Gasteiger partial charge in [0.2, 0.25) is 29.5 Å². The molecular weight excluding hydrogens is 713 g/mol. The third-order valence-electron chi connectivity index (χ3n) is 8.04. The van der Waals surface area contributed by atoms with Crippen LogP contribution in [0.5, 0.6) is 0 Å². The molecule has 55 heavy (non-hydrogen) atoms. The summed E-state index contributed by atoms with van der Waals surface area (Å²) in [6.07, 6.45) is 2.74. The number of nitrogens with zero attached hydrogens (tertiary/aromatic N) is 3. The Morgan fingerprint density at radius 3 is 1.87 bits per heavy atom. The summed E-state index contributed by atoms with van der Waals surface area (Å²) in [5.74, 6) is -5.95. The highest BCUT2D eigenvalue weighted by Crippen LogP contribution is 2.15. The van der Waals surface area contributed by atoms with Crippen molar-refractivity contribution in [2.75, 3.05) is 13.1 Å². The Bertz CT molecular complexity index is 1710. The van der Waals surface area contributed by atoms with Crippen LogP contribution >= 0.6 is 0 Å². The molecule has 2 aromatic rings. The molecule has 2 rings (SSSR count). The molecule has 4 atom stereocenters. The minimum Gasteiger partial charge on any atom is -0.370 e. The summed E-state index contributed by atoms with van der Waals surface area (Å²) >= 11 is 0. The first-order chi connectivity index (χ1) is 26.0. The second-order valence-corrected chi connectivity index (χ2v) is 13.1. The molecule has 0 saturated heterocycles. The Labute approximate surface area is 319 Å². The molecule has 6 amide bonds. The Kier molecular flexibility index (Phi) is 18.5. The van der Waals surface area contributed by atoms with Crippen molar-refractivity contribution >= 4 is 53.4 Å². The van der Waals surface area contributed by atoms with Crippen molar-refractivity contribution in [3.63, 3.8) is 0 Å². The molecule has 0 fully saturated rings. The maximum atomic E-state index is 14.2. The van der Waals surface area contributed by atoms with Gasteiger partial charge in [-0.2, -0.15) is 0 Å². The Morgan fingerprint density at radius 2 is 1.31 bits per heavy atom. The highest BCUT2D eigenvalue weighted by molar-refractivity contribution is 6.06. The number of amides is 6. The molecule has 0 spiro atoms. The fraction of sp³-hybridized carbons (Fsp3) is 0.405. The van der Waals surface area contributed by atoms with E-state index in [1.807, 2.05) is 13.8 Å². The number of hydrogen-bond acceptors (Lipinski definition) is 8. The van der Waals surface area contributed by atoms with Gasteiger partial charge in [-0.1, -0.05) is 56.3 Å². The highest BCUT2D eigenvalue weighted by Gasteiger charge is 2.35. The van der Waals surface area contributed by atoms with E-state index in [0.29, 0.717) is 17.5 Å². The fourth-order valence-electron chi connectivity index (χ4n) is 5.38. The summed E-state index contributed by atoms with van der Waals surface area (Å²) in [6.45, 7) is 4.77. The first-order valence-corrected chi connectivity index (χ1v) is 17.6. The minimum atomic E-state index is -1.51. The first-order valence-electron chi connectivity index (χ1n) is 17.6. The van der Waals surface area contributed by atoms with Gasteiger partial charge in [-0.25, -0.2) is 4.39 Å². The van der Waals surface area contributed by atoms with E-state index in [0.717, 1.165) is 30.0 Å². The van der Waals surface area contributed by atoms with Gasteiger partial charge in [0.25, 0.3) is 5.91 Å². The number of benzene rings is 2. The van der Waals surface area contributed by atoms with Crippen molar-refractivity contribution in [2.24, 2.45) is 44.6 Å². The van der Waals surface area contributed by atoms with Gasteiger partial charge in [0, 0.05) is 32.5 Å². The van der Waals surface area contributed by atoms with E-state index in [-0.39, 0.29) is 56.6 Å². The molecule has 298 valence electrons. The fourth-order valence-corrected chi connectivity index (χ4v) is 5.38. The standard InChI is InChI=1S/C37H52FN11O6/c1-22(2)20-29(34(54)46-27(32(39)52)10-7-18-44-36(40)41)48-33(53)28(17-19-45-37(42)43)47-35(55)30(21-25-11-14-26(38)15-12-25)49(23(3)50)31(51)16-13-24-8-5-4-6-9-24/h4-6,8-9,11-16,22,27-30H,7,10,17-21H2,1-3H3,(H2,39,52)(H,46,54)(H,47,55)(H,48,53)(H4,40,41,44)(H4,42,43,45)/b16-13+/t27-,28+,29-,30-/m0/s1. The number of primary amides is 1. The second kappa shape index (κ2) is 22.7. The predicted molar refractivity (Wildman–Crippen MR) is 207 cm³/mol. The van der Waals surface area contributed by atoms with Crippen LogP contribution in [0.15, 0.2) is 70.7 Å². The van der Waals surface area contributed by atoms with Crippen molar-refractivity contribution in [3.8, 4) is 0 Å². The number of nitrogens with one attached hydrogen (secondary N) is 3. The van der Waals surface area contributed by atoms with Crippen molar-refractivity contribution < 1.29 is 33.2 Å². The van der Waals surface area contributed by atoms with Crippen molar-refractivity contribution in [1.29, 1.82) is 0 Å². The van der Waals surface area contributed by atoms with E-state index >= 15 is 0 Å². The van der Waals surface area contributed by atoms with E-state index in [1.165, 1.54) is 18.2 Å². The van der Waals surface area contributed by atoms with Crippen LogP contribution in [0.1, 0.15) is 57.6 Å². The lowest BCUT2D eigenvalue weighted by Crippen LogP contribution is -2.59. The molecular formula is C37H52FN11O6. The smallest absolute Gasteiger partial charge is 0.253 e. The van der Waals surface area contributed by atoms with Crippen LogP contribution in [-0.2, 0) is 35.2 Å². The van der Waals surface area contributed by atoms with E-state index in [9.17, 15) is 33.2 Å². The summed E-state index contributed by atoms with van der Waals surface area (Å²) in [7, 11) is 0. The van der Waals surface area contributed by atoms with Crippen LogP contribution in [0.25, 0.3) is 6.08 Å². The van der Waals surface area contributed by atoms with Gasteiger partial charge in [0.1, 0.15) is 30.0 Å². The zero-order chi connectivity index (χ0) is 41.1. The molecule has 2 aromatic carbocycles. The van der Waals surface area contributed by atoms with Crippen LogP contribution in [-0.4, -0.2) is 89.5 Å². The molecule has 18 heteroatoms. The Morgan fingerprint density at radius 1 is 0.745 bits per heavy atom. The van der Waals surface area contributed by atoms with Crippen LogP contribution < -0.4 is 44.6 Å². The number of halogens is 1. The number of hydrogen-bond donors (Lipinski definition) is 8. The third kappa shape index (κ3) is 16.5. The van der Waals surface area contributed by atoms with E-state index in [4.69, 9.17) is 28.7 Å². The number of rotatable bonds is 21. The summed E-state index contributed by atoms with van der Waals surface area (Å²) in [5.41, 5.74) is 28.3. The van der Waals surface area contributed by atoms with Crippen LogP contribution in [0.4, 0.5) is 4.39 Å². The molecule has 17 nitrogen and oxygen atoms in total. The predicted octanol–water partition coefficient (Wildman–Crippen LogP) is -0.472. The Hall–Kier alpha value is -6.33. The van der Waals surface area contributed by atoms with Crippen LogP contribution in [0.3, 0.4) is 0 Å². The number of carbonyl (C=O) groups is 6. The zero-order valence-electron chi connectivity index (χ0n) is 31.2. The normalized spacial score (nSPS) is 13.1. The topological polar surface area (TPSA) is 297 Å². The number of imide groups is 1. The van der Waals surface area contributed by atoms with Gasteiger partial charge in [0.05, 0.1) is 0 Å². The van der Waals surface area contributed by atoms with Gasteiger partial charge in [0.15, 0.2) is 11.9 Å². The molecule has 0 aliphatic heterocycles. The molecule has 0 heterocycles. The lowest BCUT2D eigenvalue weighted by Gasteiger charge is -2.30.